The molecule has 1 rings (SSSR count). The van der Waals surface area contributed by atoms with Gasteiger partial charge < -0.3 is 10.2 Å². The molecule has 0 aliphatic carbocycles. The molecule has 1 atom stereocenters. The van der Waals surface area contributed by atoms with Gasteiger partial charge in [0.15, 0.2) is 0 Å². The molecule has 114 valence electrons. The van der Waals surface area contributed by atoms with E-state index in [0.717, 1.165) is 32.4 Å². The third kappa shape index (κ3) is 6.18. The molecule has 1 unspecified atom stereocenters. The van der Waals surface area contributed by atoms with E-state index in [4.69, 9.17) is 0 Å². The molecule has 1 saturated heterocycles. The van der Waals surface area contributed by atoms with Gasteiger partial charge in [-0.25, -0.2) is 4.72 Å². The van der Waals surface area contributed by atoms with Gasteiger partial charge in [0.2, 0.25) is 0 Å². The van der Waals surface area contributed by atoms with Crippen LogP contribution in [0.15, 0.2) is 0 Å². The lowest BCUT2D eigenvalue weighted by atomic mass is 10.00. The summed E-state index contributed by atoms with van der Waals surface area (Å²) in [6.45, 7) is 3.55. The monoisotopic (exact) mass is 292 g/mol. The number of piperidine rings is 1. The van der Waals surface area contributed by atoms with E-state index in [1.54, 1.807) is 4.31 Å². The Hall–Kier alpha value is -0.210. The van der Waals surface area contributed by atoms with Crippen LogP contribution in [0.4, 0.5) is 0 Å². The zero-order valence-electron chi connectivity index (χ0n) is 12.4. The van der Waals surface area contributed by atoms with Crippen LogP contribution in [-0.4, -0.2) is 71.5 Å². The molecule has 0 amide bonds. The molecule has 1 heterocycles. The first kappa shape index (κ1) is 16.8. The first-order chi connectivity index (χ1) is 8.95. The Labute approximate surface area is 117 Å². The fourth-order valence-electron chi connectivity index (χ4n) is 2.39. The molecular weight excluding hydrogens is 264 g/mol. The van der Waals surface area contributed by atoms with Crippen molar-refractivity contribution in [3.8, 4) is 0 Å². The van der Waals surface area contributed by atoms with E-state index in [0.29, 0.717) is 25.6 Å². The summed E-state index contributed by atoms with van der Waals surface area (Å²) in [5.74, 6) is 0.428. The van der Waals surface area contributed by atoms with E-state index in [2.05, 4.69) is 14.9 Å². The summed E-state index contributed by atoms with van der Waals surface area (Å²) in [6.07, 6.45) is 2.89. The molecular formula is C12H28N4O2S. The van der Waals surface area contributed by atoms with Crippen molar-refractivity contribution in [3.05, 3.63) is 0 Å². The molecule has 0 aromatic rings. The van der Waals surface area contributed by atoms with Crippen molar-refractivity contribution in [3.63, 3.8) is 0 Å². The molecule has 19 heavy (non-hydrogen) atoms. The maximum Gasteiger partial charge on any atom is 0.279 e. The van der Waals surface area contributed by atoms with Crippen LogP contribution in [0.3, 0.4) is 0 Å². The van der Waals surface area contributed by atoms with Gasteiger partial charge in [-0.1, -0.05) is 0 Å². The Morgan fingerprint density at radius 3 is 2.74 bits per heavy atom. The van der Waals surface area contributed by atoms with Gasteiger partial charge in [0, 0.05) is 19.6 Å². The Morgan fingerprint density at radius 1 is 1.37 bits per heavy atom. The zero-order valence-corrected chi connectivity index (χ0v) is 13.2. The minimum Gasteiger partial charge on any atom is -0.319 e. The smallest absolute Gasteiger partial charge is 0.279 e. The van der Waals surface area contributed by atoms with Crippen LogP contribution in [0.2, 0.25) is 0 Å². The van der Waals surface area contributed by atoms with E-state index in [-0.39, 0.29) is 0 Å². The van der Waals surface area contributed by atoms with Gasteiger partial charge in [-0.2, -0.15) is 12.7 Å². The highest BCUT2D eigenvalue weighted by atomic mass is 32.2. The average molecular weight is 292 g/mol. The van der Waals surface area contributed by atoms with E-state index in [1.165, 1.54) is 0 Å². The minimum atomic E-state index is -3.30. The number of nitrogens with zero attached hydrogens (tertiary/aromatic N) is 2. The van der Waals surface area contributed by atoms with E-state index in [1.807, 2.05) is 21.1 Å². The van der Waals surface area contributed by atoms with Gasteiger partial charge in [-0.15, -0.1) is 0 Å². The lowest BCUT2D eigenvalue weighted by molar-refractivity contribution is 0.260. The van der Waals surface area contributed by atoms with Gasteiger partial charge in [-0.05, 0) is 59.4 Å². The molecule has 0 bridgehead atoms. The van der Waals surface area contributed by atoms with Gasteiger partial charge in [-0.3, -0.25) is 0 Å². The molecule has 7 heteroatoms. The molecule has 1 aliphatic heterocycles. The van der Waals surface area contributed by atoms with Crippen molar-refractivity contribution in [2.24, 2.45) is 5.92 Å². The fraction of sp³-hybridized carbons (Fsp3) is 1.00. The molecule has 0 spiro atoms. The van der Waals surface area contributed by atoms with Crippen molar-refractivity contribution < 1.29 is 8.42 Å². The Morgan fingerprint density at radius 2 is 2.11 bits per heavy atom. The largest absolute Gasteiger partial charge is 0.319 e. The van der Waals surface area contributed by atoms with Crippen LogP contribution >= 0.6 is 0 Å². The molecule has 1 aliphatic rings. The predicted octanol–water partition coefficient (Wildman–Crippen LogP) is -0.296. The van der Waals surface area contributed by atoms with Gasteiger partial charge in [0.1, 0.15) is 0 Å². The second-order valence-corrected chi connectivity index (χ2v) is 7.24. The molecule has 0 aromatic carbocycles. The summed E-state index contributed by atoms with van der Waals surface area (Å²) in [5.41, 5.74) is 0. The average Bonchev–Trinajstić information content (AvgIpc) is 2.35. The first-order valence-electron chi connectivity index (χ1n) is 6.99. The normalized spacial score (nSPS) is 22.0. The van der Waals surface area contributed by atoms with Crippen LogP contribution in [0.25, 0.3) is 0 Å². The SMILES string of the molecule is CNCC1CCCN(S(=O)(=O)NCCCN(C)C)C1. The van der Waals surface area contributed by atoms with Crippen molar-refractivity contribution in [1.82, 2.24) is 19.2 Å². The topological polar surface area (TPSA) is 64.7 Å². The summed E-state index contributed by atoms with van der Waals surface area (Å²) < 4.78 is 28.6. The second kappa shape index (κ2) is 8.16. The van der Waals surface area contributed by atoms with Crippen LogP contribution in [-0.2, 0) is 10.2 Å². The highest BCUT2D eigenvalue weighted by Gasteiger charge is 2.27. The van der Waals surface area contributed by atoms with Gasteiger partial charge in [0.05, 0.1) is 0 Å². The molecule has 0 radical (unpaired) electrons. The van der Waals surface area contributed by atoms with Gasteiger partial charge >= 0.3 is 0 Å². The standard InChI is InChI=1S/C12H28N4O2S/c1-13-10-12-6-4-9-16(11-12)19(17,18)14-7-5-8-15(2)3/h12-14H,4-11H2,1-3H3. The quantitative estimate of drug-likeness (QED) is 0.603. The zero-order chi connectivity index (χ0) is 14.3. The predicted molar refractivity (Wildman–Crippen MR) is 78.3 cm³/mol. The summed E-state index contributed by atoms with van der Waals surface area (Å²) in [4.78, 5) is 2.05. The highest BCUT2D eigenvalue weighted by molar-refractivity contribution is 7.87. The van der Waals surface area contributed by atoms with E-state index >= 15 is 0 Å². The van der Waals surface area contributed by atoms with E-state index in [9.17, 15) is 8.42 Å². The summed E-state index contributed by atoms with van der Waals surface area (Å²) in [5, 5.41) is 3.13. The molecule has 0 aromatic heterocycles. The van der Waals surface area contributed by atoms with Crippen LogP contribution in [0, 0.1) is 5.92 Å². The number of rotatable bonds is 8. The van der Waals surface area contributed by atoms with Crippen LogP contribution in [0.5, 0.6) is 0 Å². The maximum atomic E-state index is 12.2. The Bertz CT molecular complexity index is 344. The maximum absolute atomic E-state index is 12.2. The summed E-state index contributed by atoms with van der Waals surface area (Å²) in [6, 6.07) is 0. The first-order valence-corrected chi connectivity index (χ1v) is 8.44. The molecule has 2 N–H and O–H groups in total. The number of nitrogens with one attached hydrogen (secondary N) is 2. The molecule has 6 nitrogen and oxygen atoms in total. The Kier molecular flexibility index (Phi) is 7.23. The van der Waals surface area contributed by atoms with E-state index < -0.39 is 10.2 Å². The van der Waals surface area contributed by atoms with Crippen molar-refractivity contribution in [2.75, 3.05) is 53.9 Å². The highest BCUT2D eigenvalue weighted by Crippen LogP contribution is 2.17. The lowest BCUT2D eigenvalue weighted by Crippen LogP contribution is -2.47. The van der Waals surface area contributed by atoms with Crippen molar-refractivity contribution in [1.29, 1.82) is 0 Å². The second-order valence-electron chi connectivity index (χ2n) is 5.48. The number of hydrogen-bond acceptors (Lipinski definition) is 4. The Balaban J connectivity index is 2.38. The third-order valence-electron chi connectivity index (χ3n) is 3.38. The lowest BCUT2D eigenvalue weighted by Gasteiger charge is -2.31. The fourth-order valence-corrected chi connectivity index (χ4v) is 3.75. The third-order valence-corrected chi connectivity index (χ3v) is 4.96. The van der Waals surface area contributed by atoms with Gasteiger partial charge in [0.25, 0.3) is 10.2 Å². The molecule has 1 fully saturated rings. The van der Waals surface area contributed by atoms with Crippen molar-refractivity contribution in [2.45, 2.75) is 19.3 Å². The van der Waals surface area contributed by atoms with Crippen LogP contribution in [0.1, 0.15) is 19.3 Å². The minimum absolute atomic E-state index is 0.428. The van der Waals surface area contributed by atoms with Crippen LogP contribution < -0.4 is 10.0 Å². The van der Waals surface area contributed by atoms with Crippen molar-refractivity contribution >= 4 is 10.2 Å². The molecule has 0 saturated carbocycles. The number of hydrogen-bond donors (Lipinski definition) is 2. The summed E-state index contributed by atoms with van der Waals surface area (Å²) in [7, 11) is 2.59. The summed E-state index contributed by atoms with van der Waals surface area (Å²) >= 11 is 0.